The molecular weight excluding hydrogens is 424 g/mol. The molecule has 170 valence electrons. The van der Waals surface area contributed by atoms with Gasteiger partial charge in [0.2, 0.25) is 5.91 Å². The van der Waals surface area contributed by atoms with E-state index in [1.807, 2.05) is 23.1 Å². The van der Waals surface area contributed by atoms with E-state index in [2.05, 4.69) is 17.0 Å². The van der Waals surface area contributed by atoms with Crippen LogP contribution in [-0.2, 0) is 30.6 Å². The number of fused-ring (bicyclic) bond motifs is 1. The molecule has 0 unspecified atom stereocenters. The van der Waals surface area contributed by atoms with E-state index in [1.165, 1.54) is 16.7 Å². The minimum Gasteiger partial charge on any atom is -0.496 e. The standard InChI is InChI=1S/C26H30N2O3.ClH/c1-31-24-9-4-6-19-17-27(13-10-22(19)24)11-3-2-8-23(29)20-14-18-7-5-12-28-25(30)16-21(15-20)26(18)28;/h4,6,9,14-15H,2-3,5,7-8,10-13,16-17H2,1H3;1H. The van der Waals surface area contributed by atoms with Crippen LogP contribution in [0.3, 0.4) is 0 Å². The van der Waals surface area contributed by atoms with Gasteiger partial charge in [-0.1, -0.05) is 12.1 Å². The third-order valence-electron chi connectivity index (χ3n) is 6.98. The minimum atomic E-state index is 0. The summed E-state index contributed by atoms with van der Waals surface area (Å²) in [7, 11) is 1.74. The molecule has 32 heavy (non-hydrogen) atoms. The highest BCUT2D eigenvalue weighted by molar-refractivity contribution is 6.05. The number of Topliss-reactive ketones (excluding diaryl/α,β-unsaturated/α-hetero) is 1. The van der Waals surface area contributed by atoms with E-state index in [0.29, 0.717) is 12.8 Å². The van der Waals surface area contributed by atoms with Gasteiger partial charge in [0.05, 0.1) is 19.2 Å². The van der Waals surface area contributed by atoms with Crippen LogP contribution < -0.4 is 9.64 Å². The Kier molecular flexibility index (Phi) is 6.87. The first kappa shape index (κ1) is 22.8. The molecule has 0 spiro atoms. The number of methoxy groups -OCH3 is 1. The number of halogens is 1. The van der Waals surface area contributed by atoms with Crippen LogP contribution in [0, 0.1) is 0 Å². The van der Waals surface area contributed by atoms with Crippen LogP contribution in [0.2, 0.25) is 0 Å². The van der Waals surface area contributed by atoms with Gasteiger partial charge in [-0.3, -0.25) is 14.5 Å². The maximum atomic E-state index is 12.9. The number of carbonyl (C=O) groups excluding carboxylic acids is 2. The molecule has 0 bridgehead atoms. The maximum Gasteiger partial charge on any atom is 0.231 e. The van der Waals surface area contributed by atoms with Crippen molar-refractivity contribution in [1.29, 1.82) is 0 Å². The fraction of sp³-hybridized carbons (Fsp3) is 0.462. The van der Waals surface area contributed by atoms with Crippen molar-refractivity contribution in [2.24, 2.45) is 0 Å². The van der Waals surface area contributed by atoms with Crippen molar-refractivity contribution in [3.05, 3.63) is 58.1 Å². The zero-order valence-electron chi connectivity index (χ0n) is 18.7. The Morgan fingerprint density at radius 3 is 2.75 bits per heavy atom. The first-order chi connectivity index (χ1) is 15.1. The summed E-state index contributed by atoms with van der Waals surface area (Å²) >= 11 is 0. The van der Waals surface area contributed by atoms with Crippen LogP contribution in [0.1, 0.15) is 58.3 Å². The van der Waals surface area contributed by atoms with Crippen molar-refractivity contribution in [1.82, 2.24) is 4.90 Å². The van der Waals surface area contributed by atoms with E-state index in [0.717, 1.165) is 80.8 Å². The summed E-state index contributed by atoms with van der Waals surface area (Å²) in [5.74, 6) is 1.39. The summed E-state index contributed by atoms with van der Waals surface area (Å²) in [6, 6.07) is 10.3. The number of hydrogen-bond donors (Lipinski definition) is 0. The SMILES string of the molecule is COc1cccc2c1CCN(CCCCC(=O)c1cc3c4c(c1)CC(=O)N4CCC3)C2.Cl. The molecule has 1 amide bonds. The van der Waals surface area contributed by atoms with Gasteiger partial charge in [-0.05, 0) is 79.1 Å². The van der Waals surface area contributed by atoms with Crippen molar-refractivity contribution in [3.8, 4) is 5.75 Å². The number of unbranched alkanes of at least 4 members (excludes halogenated alkanes) is 1. The quantitative estimate of drug-likeness (QED) is 0.460. The summed E-state index contributed by atoms with van der Waals surface area (Å²) in [5, 5.41) is 0. The number of anilines is 1. The molecule has 0 saturated carbocycles. The number of rotatable bonds is 7. The molecule has 5 nitrogen and oxygen atoms in total. The normalized spacial score (nSPS) is 16.9. The third kappa shape index (κ3) is 4.28. The van der Waals surface area contributed by atoms with E-state index in [4.69, 9.17) is 4.74 Å². The van der Waals surface area contributed by atoms with Crippen molar-refractivity contribution in [3.63, 3.8) is 0 Å². The number of aryl methyl sites for hydroxylation is 1. The molecule has 5 rings (SSSR count). The molecule has 0 aliphatic carbocycles. The van der Waals surface area contributed by atoms with Gasteiger partial charge in [-0.2, -0.15) is 0 Å². The second-order valence-corrected chi connectivity index (χ2v) is 8.97. The zero-order chi connectivity index (χ0) is 21.4. The molecule has 0 radical (unpaired) electrons. The smallest absolute Gasteiger partial charge is 0.231 e. The highest BCUT2D eigenvalue weighted by atomic mass is 35.5. The molecule has 3 aliphatic rings. The molecule has 0 N–H and O–H groups in total. The number of carbonyl (C=O) groups is 2. The Labute approximate surface area is 196 Å². The van der Waals surface area contributed by atoms with Crippen molar-refractivity contribution >= 4 is 29.8 Å². The highest BCUT2D eigenvalue weighted by Gasteiger charge is 2.32. The first-order valence-corrected chi connectivity index (χ1v) is 11.5. The van der Waals surface area contributed by atoms with Crippen LogP contribution in [0.4, 0.5) is 5.69 Å². The predicted octanol–water partition coefficient (Wildman–Crippen LogP) is 4.36. The molecule has 6 heteroatoms. The summed E-state index contributed by atoms with van der Waals surface area (Å²) in [6.45, 7) is 3.84. The molecule has 2 aromatic carbocycles. The van der Waals surface area contributed by atoms with Gasteiger partial charge in [0.1, 0.15) is 5.75 Å². The molecule has 0 aromatic heterocycles. The predicted molar refractivity (Wildman–Crippen MR) is 128 cm³/mol. The molecule has 3 aliphatic heterocycles. The van der Waals surface area contributed by atoms with Crippen LogP contribution in [0.25, 0.3) is 0 Å². The number of hydrogen-bond acceptors (Lipinski definition) is 4. The Morgan fingerprint density at radius 2 is 1.91 bits per heavy atom. The van der Waals surface area contributed by atoms with Gasteiger partial charge in [0, 0.05) is 31.6 Å². The fourth-order valence-electron chi connectivity index (χ4n) is 5.42. The zero-order valence-corrected chi connectivity index (χ0v) is 19.5. The number of amides is 1. The molecule has 2 aromatic rings. The van der Waals surface area contributed by atoms with E-state index in [-0.39, 0.29) is 24.1 Å². The average Bonchev–Trinajstić information content (AvgIpc) is 3.12. The lowest BCUT2D eigenvalue weighted by Crippen LogP contribution is -2.31. The van der Waals surface area contributed by atoms with Crippen LogP contribution in [-0.4, -0.2) is 43.3 Å². The summed E-state index contributed by atoms with van der Waals surface area (Å²) in [5.41, 5.74) is 6.82. The van der Waals surface area contributed by atoms with Gasteiger partial charge in [-0.15, -0.1) is 12.4 Å². The van der Waals surface area contributed by atoms with Crippen molar-refractivity contribution in [2.45, 2.75) is 51.5 Å². The van der Waals surface area contributed by atoms with Crippen molar-refractivity contribution in [2.75, 3.05) is 31.6 Å². The van der Waals surface area contributed by atoms with Crippen LogP contribution in [0.15, 0.2) is 30.3 Å². The van der Waals surface area contributed by atoms with Crippen LogP contribution in [0.5, 0.6) is 5.75 Å². The van der Waals surface area contributed by atoms with Crippen LogP contribution >= 0.6 is 12.4 Å². The van der Waals surface area contributed by atoms with Gasteiger partial charge in [0.15, 0.2) is 5.78 Å². The highest BCUT2D eigenvalue weighted by Crippen LogP contribution is 2.38. The minimum absolute atomic E-state index is 0. The fourth-order valence-corrected chi connectivity index (χ4v) is 5.42. The van der Waals surface area contributed by atoms with Gasteiger partial charge < -0.3 is 9.64 Å². The number of benzene rings is 2. The second kappa shape index (κ2) is 9.63. The lowest BCUT2D eigenvalue weighted by Gasteiger charge is -2.29. The average molecular weight is 455 g/mol. The topological polar surface area (TPSA) is 49.9 Å². The number of nitrogens with zero attached hydrogens (tertiary/aromatic N) is 2. The van der Waals surface area contributed by atoms with Crippen molar-refractivity contribution < 1.29 is 14.3 Å². The summed E-state index contributed by atoms with van der Waals surface area (Å²) in [4.78, 5) is 29.5. The second-order valence-electron chi connectivity index (χ2n) is 8.97. The largest absolute Gasteiger partial charge is 0.496 e. The Hall–Kier alpha value is -2.37. The Bertz CT molecular complexity index is 1040. The maximum absolute atomic E-state index is 12.9. The molecule has 3 heterocycles. The molecule has 0 saturated heterocycles. The Morgan fingerprint density at radius 1 is 1.06 bits per heavy atom. The number of ether oxygens (including phenoxy) is 1. The summed E-state index contributed by atoms with van der Waals surface area (Å²) in [6.07, 6.45) is 5.92. The molecular formula is C26H31ClN2O3. The van der Waals surface area contributed by atoms with E-state index < -0.39 is 0 Å². The van der Waals surface area contributed by atoms with Gasteiger partial charge in [-0.25, -0.2) is 0 Å². The molecule has 0 atom stereocenters. The summed E-state index contributed by atoms with van der Waals surface area (Å²) < 4.78 is 5.50. The Balaban J connectivity index is 0.00000245. The molecule has 0 fully saturated rings. The van der Waals surface area contributed by atoms with Gasteiger partial charge in [0.25, 0.3) is 0 Å². The van der Waals surface area contributed by atoms with E-state index >= 15 is 0 Å². The van der Waals surface area contributed by atoms with E-state index in [9.17, 15) is 9.59 Å². The lowest BCUT2D eigenvalue weighted by molar-refractivity contribution is -0.117. The monoisotopic (exact) mass is 454 g/mol. The third-order valence-corrected chi connectivity index (χ3v) is 6.98. The first-order valence-electron chi connectivity index (χ1n) is 11.5. The van der Waals surface area contributed by atoms with Gasteiger partial charge >= 0.3 is 0 Å². The number of ketones is 1. The lowest BCUT2D eigenvalue weighted by atomic mass is 9.94. The van der Waals surface area contributed by atoms with E-state index in [1.54, 1.807) is 7.11 Å².